The fourth-order valence-corrected chi connectivity index (χ4v) is 3.18. The number of nitrogens with one attached hydrogen (secondary N) is 1. The fraction of sp³-hybridized carbons (Fsp3) is 0.750. The van der Waals surface area contributed by atoms with Crippen LogP contribution >= 0.6 is 24.0 Å². The molecule has 2 rings (SSSR count). The van der Waals surface area contributed by atoms with Crippen LogP contribution in [0.2, 0.25) is 0 Å². The van der Waals surface area contributed by atoms with Gasteiger partial charge in [-0.05, 0) is 32.0 Å². The number of rotatable bonds is 6. The van der Waals surface area contributed by atoms with E-state index in [0.29, 0.717) is 6.04 Å². The van der Waals surface area contributed by atoms with Crippen molar-refractivity contribution >= 4 is 29.9 Å². The molecule has 0 bridgehead atoms. The van der Waals surface area contributed by atoms with E-state index in [-0.39, 0.29) is 24.0 Å². The first-order valence-corrected chi connectivity index (χ1v) is 8.36. The minimum atomic E-state index is 0. The van der Waals surface area contributed by atoms with Gasteiger partial charge < -0.3 is 10.2 Å². The highest BCUT2D eigenvalue weighted by atomic mass is 127. The van der Waals surface area contributed by atoms with Crippen molar-refractivity contribution in [3.63, 3.8) is 0 Å². The fourth-order valence-electron chi connectivity index (χ4n) is 3.18. The Balaban J connectivity index is 0.00000264. The van der Waals surface area contributed by atoms with Crippen LogP contribution in [0.5, 0.6) is 0 Å². The van der Waals surface area contributed by atoms with Crippen LogP contribution in [0.4, 0.5) is 0 Å². The van der Waals surface area contributed by atoms with Gasteiger partial charge in [0.15, 0.2) is 5.96 Å². The molecular weight excluding hydrogens is 403 g/mol. The van der Waals surface area contributed by atoms with E-state index < -0.39 is 0 Å². The Labute approximate surface area is 157 Å². The summed E-state index contributed by atoms with van der Waals surface area (Å²) in [6.07, 6.45) is 5.18. The second kappa shape index (κ2) is 10.1. The molecule has 1 saturated heterocycles. The van der Waals surface area contributed by atoms with Crippen LogP contribution < -0.4 is 5.32 Å². The number of likely N-dealkylation sites (tertiary alicyclic amines) is 1. The zero-order valence-electron chi connectivity index (χ0n) is 14.8. The molecule has 1 fully saturated rings. The average molecular weight is 434 g/mol. The average Bonchev–Trinajstić information content (AvgIpc) is 3.15. The highest BCUT2D eigenvalue weighted by Crippen LogP contribution is 2.15. The second-order valence-corrected chi connectivity index (χ2v) is 5.86. The van der Waals surface area contributed by atoms with E-state index in [4.69, 9.17) is 0 Å². The summed E-state index contributed by atoms with van der Waals surface area (Å²) < 4.78 is 1.97. The van der Waals surface area contributed by atoms with E-state index in [1.54, 1.807) is 0 Å². The predicted octanol–water partition coefficient (Wildman–Crippen LogP) is 1.80. The van der Waals surface area contributed by atoms with Gasteiger partial charge in [0.05, 0.1) is 12.7 Å². The van der Waals surface area contributed by atoms with Crippen molar-refractivity contribution in [3.8, 4) is 0 Å². The maximum absolute atomic E-state index is 4.44. The van der Waals surface area contributed by atoms with Gasteiger partial charge in [0.2, 0.25) is 0 Å². The zero-order chi connectivity index (χ0) is 15.9. The molecule has 0 aromatic carbocycles. The van der Waals surface area contributed by atoms with E-state index in [1.165, 1.54) is 12.0 Å². The van der Waals surface area contributed by atoms with Gasteiger partial charge in [0.25, 0.3) is 0 Å². The van der Waals surface area contributed by atoms with Crippen molar-refractivity contribution in [1.82, 2.24) is 24.9 Å². The van der Waals surface area contributed by atoms with Crippen LogP contribution in [-0.4, -0.2) is 71.4 Å². The smallest absolute Gasteiger partial charge is 0.193 e. The number of hydrogen-bond donors (Lipinski definition) is 1. The van der Waals surface area contributed by atoms with Crippen LogP contribution in [0.3, 0.4) is 0 Å². The molecule has 7 heteroatoms. The first-order valence-electron chi connectivity index (χ1n) is 8.36. The molecule has 1 aliphatic rings. The first kappa shape index (κ1) is 20.2. The monoisotopic (exact) mass is 434 g/mol. The highest BCUT2D eigenvalue weighted by Gasteiger charge is 2.27. The third-order valence-corrected chi connectivity index (χ3v) is 4.39. The van der Waals surface area contributed by atoms with Crippen molar-refractivity contribution < 1.29 is 0 Å². The third kappa shape index (κ3) is 5.63. The minimum Gasteiger partial charge on any atom is -0.354 e. The number of hydrogen-bond acceptors (Lipinski definition) is 3. The lowest BCUT2D eigenvalue weighted by Gasteiger charge is -2.27. The number of aryl methyl sites for hydroxylation is 1. The van der Waals surface area contributed by atoms with Crippen LogP contribution in [0.1, 0.15) is 25.8 Å². The maximum atomic E-state index is 4.44. The summed E-state index contributed by atoms with van der Waals surface area (Å²) in [5.41, 5.74) is 1.20. The number of nitrogens with zero attached hydrogens (tertiary/aromatic N) is 5. The summed E-state index contributed by atoms with van der Waals surface area (Å²) in [5, 5.41) is 7.77. The van der Waals surface area contributed by atoms with Crippen LogP contribution in [0.25, 0.3) is 0 Å². The Morgan fingerprint density at radius 2 is 2.17 bits per heavy atom. The molecule has 1 N–H and O–H groups in total. The Morgan fingerprint density at radius 1 is 1.43 bits per heavy atom. The molecule has 0 saturated carbocycles. The summed E-state index contributed by atoms with van der Waals surface area (Å²) >= 11 is 0. The van der Waals surface area contributed by atoms with Crippen molar-refractivity contribution in [2.24, 2.45) is 4.99 Å². The number of aliphatic imine (C=N–C) groups is 1. The number of aromatic nitrogens is 2. The molecule has 23 heavy (non-hydrogen) atoms. The van der Waals surface area contributed by atoms with E-state index in [1.807, 2.05) is 17.9 Å². The maximum Gasteiger partial charge on any atom is 0.193 e. The highest BCUT2D eigenvalue weighted by molar-refractivity contribution is 14.0. The Kier molecular flexibility index (Phi) is 8.90. The van der Waals surface area contributed by atoms with Crippen molar-refractivity contribution in [2.45, 2.75) is 39.8 Å². The molecule has 6 nitrogen and oxygen atoms in total. The molecule has 132 valence electrons. The van der Waals surface area contributed by atoms with Crippen LogP contribution in [0.15, 0.2) is 17.4 Å². The number of guanidine groups is 1. The number of likely N-dealkylation sites (N-methyl/N-ethyl adjacent to an activating group) is 1. The van der Waals surface area contributed by atoms with Gasteiger partial charge in [0, 0.05) is 38.9 Å². The van der Waals surface area contributed by atoms with E-state index in [0.717, 1.165) is 45.2 Å². The lowest BCUT2D eigenvalue weighted by atomic mass is 10.2. The minimum absolute atomic E-state index is 0. The van der Waals surface area contributed by atoms with Gasteiger partial charge in [-0.15, -0.1) is 24.0 Å². The first-order chi connectivity index (χ1) is 10.7. The Bertz CT molecular complexity index is 483. The summed E-state index contributed by atoms with van der Waals surface area (Å²) in [7, 11) is 1.87. The van der Waals surface area contributed by atoms with Crippen LogP contribution in [0, 0.1) is 6.92 Å². The molecule has 2 heterocycles. The molecule has 1 aromatic rings. The molecule has 1 aliphatic heterocycles. The summed E-state index contributed by atoms with van der Waals surface area (Å²) in [4.78, 5) is 9.35. The van der Waals surface area contributed by atoms with Crippen molar-refractivity contribution in [1.29, 1.82) is 0 Å². The summed E-state index contributed by atoms with van der Waals surface area (Å²) in [6, 6.07) is 0.655. The molecule has 0 aliphatic carbocycles. The largest absolute Gasteiger partial charge is 0.354 e. The molecule has 1 atom stereocenters. The van der Waals surface area contributed by atoms with Gasteiger partial charge in [-0.25, -0.2) is 0 Å². The van der Waals surface area contributed by atoms with Crippen LogP contribution in [-0.2, 0) is 6.54 Å². The lowest BCUT2D eigenvalue weighted by Crippen LogP contribution is -2.44. The molecule has 1 aromatic heterocycles. The van der Waals surface area contributed by atoms with Gasteiger partial charge in [-0.3, -0.25) is 14.6 Å². The number of halogens is 1. The topological polar surface area (TPSA) is 48.7 Å². The van der Waals surface area contributed by atoms with Crippen molar-refractivity contribution in [3.05, 3.63) is 18.0 Å². The van der Waals surface area contributed by atoms with Gasteiger partial charge in [0.1, 0.15) is 0 Å². The molecule has 1 unspecified atom stereocenters. The molecule has 0 radical (unpaired) electrons. The van der Waals surface area contributed by atoms with Gasteiger partial charge in [-0.2, -0.15) is 5.10 Å². The summed E-state index contributed by atoms with van der Waals surface area (Å²) in [5.74, 6) is 1.01. The van der Waals surface area contributed by atoms with E-state index in [2.05, 4.69) is 52.2 Å². The van der Waals surface area contributed by atoms with E-state index >= 15 is 0 Å². The second-order valence-electron chi connectivity index (χ2n) is 5.86. The molecule has 0 spiro atoms. The lowest BCUT2D eigenvalue weighted by molar-refractivity contribution is 0.223. The Morgan fingerprint density at radius 3 is 2.74 bits per heavy atom. The Hall–Kier alpha value is -0.830. The van der Waals surface area contributed by atoms with E-state index in [9.17, 15) is 0 Å². The molecule has 0 amide bonds. The molecular formula is C16H31IN6. The SMILES string of the molecule is CCN(CC)C1CCN(C(=NC)NCCn2cc(C)cn2)C1.I. The van der Waals surface area contributed by atoms with Gasteiger partial charge >= 0.3 is 0 Å². The predicted molar refractivity (Wildman–Crippen MR) is 107 cm³/mol. The van der Waals surface area contributed by atoms with Gasteiger partial charge in [-0.1, -0.05) is 13.8 Å². The van der Waals surface area contributed by atoms with Crippen molar-refractivity contribution in [2.75, 3.05) is 39.8 Å². The normalized spacial score (nSPS) is 18.4. The quantitative estimate of drug-likeness (QED) is 0.422. The summed E-state index contributed by atoms with van der Waals surface area (Å²) in [6.45, 7) is 12.7. The zero-order valence-corrected chi connectivity index (χ0v) is 17.2. The third-order valence-electron chi connectivity index (χ3n) is 4.39. The standard InChI is InChI=1S/C16H30N6.HI/c1-5-20(6-2)15-7-9-21(13-15)16(17-4)18-8-10-22-12-14(3)11-19-22;/h11-12,15H,5-10,13H2,1-4H3,(H,17,18);1H.